The average Bonchev–Trinajstić information content (AvgIpc) is 3.10. The molecule has 3 rings (SSSR count). The summed E-state index contributed by atoms with van der Waals surface area (Å²) in [5.74, 6) is 2.35. The van der Waals surface area contributed by atoms with E-state index in [0.29, 0.717) is 28.6 Å². The summed E-state index contributed by atoms with van der Waals surface area (Å²) in [4.78, 5) is 0. The fourth-order valence-electron chi connectivity index (χ4n) is 2.49. The van der Waals surface area contributed by atoms with Gasteiger partial charge in [0.05, 0.1) is 33.1 Å². The zero-order valence-electron chi connectivity index (χ0n) is 13.5. The minimum atomic E-state index is 0.560. The van der Waals surface area contributed by atoms with Gasteiger partial charge in [-0.25, -0.2) is 0 Å². The predicted molar refractivity (Wildman–Crippen MR) is 94.7 cm³/mol. The fraction of sp³-hybridized carbons (Fsp3) is 0.167. The molecule has 3 aromatic rings. The standard InChI is InChI=1S/C18H16BrNO4/c1-21-13-8-14(18(23-3)16(9-13)22-2)17-15(10-20-24-17)11-4-6-12(19)7-5-11/h4-10H,1-3H3. The van der Waals surface area contributed by atoms with E-state index in [-0.39, 0.29) is 0 Å². The molecule has 5 nitrogen and oxygen atoms in total. The lowest BCUT2D eigenvalue weighted by Gasteiger charge is -2.14. The van der Waals surface area contributed by atoms with Gasteiger partial charge in [0.2, 0.25) is 0 Å². The Morgan fingerprint density at radius 3 is 2.29 bits per heavy atom. The second-order valence-corrected chi connectivity index (χ2v) is 5.90. The van der Waals surface area contributed by atoms with Crippen LogP contribution in [0.1, 0.15) is 0 Å². The lowest BCUT2D eigenvalue weighted by atomic mass is 10.0. The number of rotatable bonds is 5. The van der Waals surface area contributed by atoms with Crippen LogP contribution in [0, 0.1) is 0 Å². The van der Waals surface area contributed by atoms with Gasteiger partial charge in [-0.15, -0.1) is 0 Å². The minimum absolute atomic E-state index is 0.560. The highest BCUT2D eigenvalue weighted by Crippen LogP contribution is 2.44. The van der Waals surface area contributed by atoms with Gasteiger partial charge in [0.15, 0.2) is 17.3 Å². The molecule has 0 radical (unpaired) electrons. The quantitative estimate of drug-likeness (QED) is 0.627. The maximum Gasteiger partial charge on any atom is 0.178 e. The molecule has 0 amide bonds. The van der Waals surface area contributed by atoms with E-state index in [1.165, 1.54) is 0 Å². The number of hydrogen-bond acceptors (Lipinski definition) is 5. The molecular weight excluding hydrogens is 374 g/mol. The first-order valence-corrected chi connectivity index (χ1v) is 7.98. The first kappa shape index (κ1) is 16.4. The zero-order chi connectivity index (χ0) is 17.1. The Bertz CT molecular complexity index is 843. The molecule has 0 aliphatic carbocycles. The van der Waals surface area contributed by atoms with Crippen molar-refractivity contribution < 1.29 is 18.7 Å². The van der Waals surface area contributed by atoms with Crippen LogP contribution in [0.2, 0.25) is 0 Å². The van der Waals surface area contributed by atoms with Crippen LogP contribution in [0.25, 0.3) is 22.5 Å². The number of aromatic nitrogens is 1. The molecule has 0 saturated heterocycles. The normalized spacial score (nSPS) is 10.5. The third kappa shape index (κ3) is 2.97. The lowest BCUT2D eigenvalue weighted by Crippen LogP contribution is -1.95. The molecule has 0 saturated carbocycles. The van der Waals surface area contributed by atoms with Gasteiger partial charge >= 0.3 is 0 Å². The van der Waals surface area contributed by atoms with E-state index in [9.17, 15) is 0 Å². The third-order valence-corrected chi connectivity index (χ3v) is 4.19. The molecule has 124 valence electrons. The number of ether oxygens (including phenoxy) is 3. The highest BCUT2D eigenvalue weighted by molar-refractivity contribution is 9.10. The van der Waals surface area contributed by atoms with Gasteiger partial charge in [-0.1, -0.05) is 33.2 Å². The second kappa shape index (κ2) is 6.97. The molecule has 0 bridgehead atoms. The summed E-state index contributed by atoms with van der Waals surface area (Å²) in [5.41, 5.74) is 2.55. The molecule has 0 unspecified atom stereocenters. The first-order valence-electron chi connectivity index (χ1n) is 7.19. The Hall–Kier alpha value is -2.47. The van der Waals surface area contributed by atoms with Crippen LogP contribution in [0.4, 0.5) is 0 Å². The van der Waals surface area contributed by atoms with Crippen LogP contribution < -0.4 is 14.2 Å². The third-order valence-electron chi connectivity index (χ3n) is 3.66. The van der Waals surface area contributed by atoms with Crippen molar-refractivity contribution >= 4 is 15.9 Å². The van der Waals surface area contributed by atoms with Crippen LogP contribution in [0.5, 0.6) is 17.2 Å². The van der Waals surface area contributed by atoms with Gasteiger partial charge in [0.1, 0.15) is 5.75 Å². The minimum Gasteiger partial charge on any atom is -0.497 e. The Morgan fingerprint density at radius 2 is 1.67 bits per heavy atom. The summed E-state index contributed by atoms with van der Waals surface area (Å²) in [5, 5.41) is 3.96. The van der Waals surface area contributed by atoms with Crippen molar-refractivity contribution in [2.45, 2.75) is 0 Å². The van der Waals surface area contributed by atoms with Gasteiger partial charge in [-0.2, -0.15) is 0 Å². The van der Waals surface area contributed by atoms with Crippen LogP contribution in [-0.4, -0.2) is 26.5 Å². The zero-order valence-corrected chi connectivity index (χ0v) is 15.1. The smallest absolute Gasteiger partial charge is 0.178 e. The highest BCUT2D eigenvalue weighted by atomic mass is 79.9. The summed E-state index contributed by atoms with van der Waals surface area (Å²) < 4.78 is 22.8. The van der Waals surface area contributed by atoms with Gasteiger partial charge < -0.3 is 18.7 Å². The van der Waals surface area contributed by atoms with E-state index in [2.05, 4.69) is 21.1 Å². The Balaban J connectivity index is 2.20. The molecule has 0 fully saturated rings. The van der Waals surface area contributed by atoms with E-state index >= 15 is 0 Å². The average molecular weight is 390 g/mol. The molecule has 0 aliphatic heterocycles. The molecule has 0 aliphatic rings. The van der Waals surface area contributed by atoms with Crippen molar-refractivity contribution in [2.24, 2.45) is 0 Å². The topological polar surface area (TPSA) is 53.7 Å². The molecule has 0 N–H and O–H groups in total. The van der Waals surface area contributed by atoms with Gasteiger partial charge in [0, 0.05) is 16.1 Å². The lowest BCUT2D eigenvalue weighted by molar-refractivity contribution is 0.348. The number of methoxy groups -OCH3 is 3. The molecule has 1 heterocycles. The summed E-state index contributed by atoms with van der Waals surface area (Å²) in [7, 11) is 4.77. The summed E-state index contributed by atoms with van der Waals surface area (Å²) in [6.07, 6.45) is 1.68. The molecular formula is C18H16BrNO4. The van der Waals surface area contributed by atoms with E-state index in [0.717, 1.165) is 15.6 Å². The number of benzene rings is 2. The molecule has 0 spiro atoms. The maximum absolute atomic E-state index is 5.52. The number of nitrogens with zero attached hydrogens (tertiary/aromatic N) is 1. The van der Waals surface area contributed by atoms with Gasteiger partial charge in [0.25, 0.3) is 0 Å². The first-order chi connectivity index (χ1) is 11.7. The van der Waals surface area contributed by atoms with Gasteiger partial charge in [-0.05, 0) is 23.8 Å². The van der Waals surface area contributed by atoms with Crippen LogP contribution in [-0.2, 0) is 0 Å². The van der Waals surface area contributed by atoms with E-state index in [4.69, 9.17) is 18.7 Å². The Morgan fingerprint density at radius 1 is 0.917 bits per heavy atom. The molecule has 6 heteroatoms. The summed E-state index contributed by atoms with van der Waals surface area (Å²) >= 11 is 3.44. The second-order valence-electron chi connectivity index (χ2n) is 4.99. The predicted octanol–water partition coefficient (Wildman–Crippen LogP) is 4.80. The Kier molecular flexibility index (Phi) is 4.76. The monoisotopic (exact) mass is 389 g/mol. The summed E-state index contributed by atoms with van der Waals surface area (Å²) in [6, 6.07) is 11.5. The van der Waals surface area contributed by atoms with Crippen molar-refractivity contribution in [3.05, 3.63) is 47.1 Å². The van der Waals surface area contributed by atoms with Crippen LogP contribution in [0.3, 0.4) is 0 Å². The summed E-state index contributed by atoms with van der Waals surface area (Å²) in [6.45, 7) is 0. The highest BCUT2D eigenvalue weighted by Gasteiger charge is 2.21. The van der Waals surface area contributed by atoms with Gasteiger partial charge in [-0.3, -0.25) is 0 Å². The van der Waals surface area contributed by atoms with E-state index < -0.39 is 0 Å². The largest absolute Gasteiger partial charge is 0.497 e. The van der Waals surface area contributed by atoms with Crippen molar-refractivity contribution in [1.82, 2.24) is 5.16 Å². The molecule has 0 atom stereocenters. The van der Waals surface area contributed by atoms with E-state index in [1.54, 1.807) is 33.6 Å². The number of halogens is 1. The molecule has 2 aromatic carbocycles. The SMILES string of the molecule is COc1cc(OC)c(OC)c(-c2oncc2-c2ccc(Br)cc2)c1. The number of hydrogen-bond donors (Lipinski definition) is 0. The Labute approximate surface area is 148 Å². The van der Waals surface area contributed by atoms with Crippen molar-refractivity contribution in [1.29, 1.82) is 0 Å². The van der Waals surface area contributed by atoms with Crippen molar-refractivity contribution in [3.63, 3.8) is 0 Å². The molecule has 1 aromatic heterocycles. The van der Waals surface area contributed by atoms with Crippen LogP contribution in [0.15, 0.2) is 51.6 Å². The maximum atomic E-state index is 5.52. The van der Waals surface area contributed by atoms with Crippen LogP contribution >= 0.6 is 15.9 Å². The van der Waals surface area contributed by atoms with Crippen molar-refractivity contribution in [2.75, 3.05) is 21.3 Å². The van der Waals surface area contributed by atoms with E-state index in [1.807, 2.05) is 30.3 Å². The van der Waals surface area contributed by atoms with Crippen molar-refractivity contribution in [3.8, 4) is 39.7 Å². The molecule has 24 heavy (non-hydrogen) atoms. The fourth-order valence-corrected chi connectivity index (χ4v) is 2.76.